The SMILES string of the molecule is O=C(NN1CCOCC1)[C@@]1(Cc2ccc(Br)cc2)N=C(c2ccc(OCCCO)cc2)O[C@H]1c1ccc(-c2ccccc2)cc1. The first-order valence-electron chi connectivity index (χ1n) is 15.2. The molecule has 2 N–H and O–H groups in total. The van der Waals surface area contributed by atoms with Gasteiger partial charge in [-0.25, -0.2) is 10.0 Å². The second-order valence-electron chi connectivity index (χ2n) is 11.1. The van der Waals surface area contributed by atoms with Crippen molar-refractivity contribution in [1.82, 2.24) is 10.4 Å². The molecule has 2 atom stereocenters. The van der Waals surface area contributed by atoms with Crippen LogP contribution in [0, 0.1) is 0 Å². The summed E-state index contributed by atoms with van der Waals surface area (Å²) in [6.07, 6.45) is 0.189. The van der Waals surface area contributed by atoms with E-state index in [0.717, 1.165) is 32.3 Å². The zero-order chi connectivity index (χ0) is 31.1. The van der Waals surface area contributed by atoms with E-state index < -0.39 is 11.6 Å². The van der Waals surface area contributed by atoms with Crippen molar-refractivity contribution in [3.8, 4) is 16.9 Å². The maximum absolute atomic E-state index is 14.5. The van der Waals surface area contributed by atoms with Gasteiger partial charge in [0.2, 0.25) is 5.90 Å². The highest BCUT2D eigenvalue weighted by atomic mass is 79.9. The molecule has 6 rings (SSSR count). The van der Waals surface area contributed by atoms with Crippen LogP contribution in [0.25, 0.3) is 11.1 Å². The molecule has 1 amide bonds. The summed E-state index contributed by atoms with van der Waals surface area (Å²) in [7, 11) is 0. The lowest BCUT2D eigenvalue weighted by atomic mass is 9.82. The Bertz CT molecular complexity index is 1590. The zero-order valence-electron chi connectivity index (χ0n) is 24.9. The highest BCUT2D eigenvalue weighted by molar-refractivity contribution is 9.10. The van der Waals surface area contributed by atoms with Crippen molar-refractivity contribution in [2.75, 3.05) is 39.5 Å². The van der Waals surface area contributed by atoms with Crippen molar-refractivity contribution in [3.05, 3.63) is 124 Å². The molecule has 0 spiro atoms. The van der Waals surface area contributed by atoms with Crippen LogP contribution in [0.5, 0.6) is 5.75 Å². The largest absolute Gasteiger partial charge is 0.494 e. The van der Waals surface area contributed by atoms with Crippen molar-refractivity contribution in [1.29, 1.82) is 0 Å². The summed E-state index contributed by atoms with van der Waals surface area (Å²) in [5, 5.41) is 11.0. The van der Waals surface area contributed by atoms with Gasteiger partial charge < -0.3 is 19.3 Å². The molecule has 0 bridgehead atoms. The first-order valence-corrected chi connectivity index (χ1v) is 16.0. The molecule has 0 radical (unpaired) electrons. The first kappa shape index (κ1) is 31.0. The number of hydrazine groups is 1. The van der Waals surface area contributed by atoms with E-state index in [0.29, 0.717) is 57.4 Å². The van der Waals surface area contributed by atoms with Gasteiger partial charge in [0, 0.05) is 42.6 Å². The van der Waals surface area contributed by atoms with E-state index in [1.165, 1.54) is 0 Å². The quantitative estimate of drug-likeness (QED) is 0.198. The lowest BCUT2D eigenvalue weighted by Gasteiger charge is -2.34. The van der Waals surface area contributed by atoms with Crippen LogP contribution in [0.2, 0.25) is 0 Å². The fourth-order valence-electron chi connectivity index (χ4n) is 5.59. The van der Waals surface area contributed by atoms with Gasteiger partial charge in [-0.05, 0) is 58.7 Å². The van der Waals surface area contributed by atoms with Gasteiger partial charge in [-0.3, -0.25) is 10.2 Å². The molecular formula is C36H36BrN3O5. The number of ether oxygens (including phenoxy) is 3. The highest BCUT2D eigenvalue weighted by Crippen LogP contribution is 2.43. The molecule has 0 aliphatic carbocycles. The van der Waals surface area contributed by atoms with Gasteiger partial charge in [-0.1, -0.05) is 82.7 Å². The van der Waals surface area contributed by atoms with E-state index in [1.807, 2.05) is 83.9 Å². The van der Waals surface area contributed by atoms with E-state index in [-0.39, 0.29) is 12.5 Å². The lowest BCUT2D eigenvalue weighted by Crippen LogP contribution is -2.57. The van der Waals surface area contributed by atoms with Gasteiger partial charge in [-0.2, -0.15) is 0 Å². The normalized spacial score (nSPS) is 19.9. The second kappa shape index (κ2) is 14.4. The van der Waals surface area contributed by atoms with Crippen LogP contribution >= 0.6 is 15.9 Å². The van der Waals surface area contributed by atoms with E-state index in [2.05, 4.69) is 45.6 Å². The monoisotopic (exact) mass is 669 g/mol. The number of hydrogen-bond acceptors (Lipinski definition) is 7. The molecule has 0 saturated carbocycles. The minimum atomic E-state index is -1.30. The van der Waals surface area contributed by atoms with E-state index >= 15 is 0 Å². The molecular weight excluding hydrogens is 634 g/mol. The average molecular weight is 671 g/mol. The number of nitrogens with one attached hydrogen (secondary N) is 1. The van der Waals surface area contributed by atoms with Crippen molar-refractivity contribution >= 4 is 27.7 Å². The fraction of sp³-hybridized carbons (Fsp3) is 0.278. The second-order valence-corrected chi connectivity index (χ2v) is 12.0. The van der Waals surface area contributed by atoms with Crippen LogP contribution in [0.4, 0.5) is 0 Å². The Hall–Kier alpha value is -4.02. The molecule has 0 aromatic heterocycles. The smallest absolute Gasteiger partial charge is 0.266 e. The van der Waals surface area contributed by atoms with Gasteiger partial charge in [0.15, 0.2) is 11.6 Å². The maximum Gasteiger partial charge on any atom is 0.266 e. The molecule has 0 unspecified atom stereocenters. The predicted octanol–water partition coefficient (Wildman–Crippen LogP) is 5.74. The molecule has 4 aromatic rings. The van der Waals surface area contributed by atoms with Gasteiger partial charge in [0.25, 0.3) is 5.91 Å². The molecule has 2 aliphatic heterocycles. The van der Waals surface area contributed by atoms with Gasteiger partial charge in [0.1, 0.15) is 5.75 Å². The number of rotatable bonds is 11. The summed E-state index contributed by atoms with van der Waals surface area (Å²) in [4.78, 5) is 19.7. The topological polar surface area (TPSA) is 92.6 Å². The molecule has 8 nitrogen and oxygen atoms in total. The van der Waals surface area contributed by atoms with Crippen molar-refractivity contribution in [2.45, 2.75) is 24.5 Å². The average Bonchev–Trinajstić information content (AvgIpc) is 3.47. The number of benzene rings is 4. The molecule has 2 aliphatic rings. The Morgan fingerprint density at radius 1 is 0.911 bits per heavy atom. The van der Waals surface area contributed by atoms with Crippen molar-refractivity contribution in [2.24, 2.45) is 4.99 Å². The number of amides is 1. The molecule has 1 saturated heterocycles. The number of morpholine rings is 1. The molecule has 1 fully saturated rings. The number of aliphatic imine (C=N–C) groups is 1. The summed E-state index contributed by atoms with van der Waals surface area (Å²) in [5.41, 5.74) is 6.60. The van der Waals surface area contributed by atoms with Crippen molar-refractivity contribution < 1.29 is 24.1 Å². The number of carbonyl (C=O) groups is 1. The fourth-order valence-corrected chi connectivity index (χ4v) is 5.86. The molecule has 9 heteroatoms. The highest BCUT2D eigenvalue weighted by Gasteiger charge is 2.53. The molecule has 232 valence electrons. The number of hydrogen-bond donors (Lipinski definition) is 2. The molecule has 2 heterocycles. The van der Waals surface area contributed by atoms with Crippen LogP contribution in [-0.2, 0) is 20.7 Å². The third-order valence-corrected chi connectivity index (χ3v) is 8.54. The summed E-state index contributed by atoms with van der Waals surface area (Å²) in [6.45, 7) is 2.76. The van der Waals surface area contributed by atoms with Crippen molar-refractivity contribution in [3.63, 3.8) is 0 Å². The minimum Gasteiger partial charge on any atom is -0.494 e. The number of carbonyl (C=O) groups excluding carboxylic acids is 1. The molecule has 4 aromatic carbocycles. The van der Waals surface area contributed by atoms with Gasteiger partial charge in [0.05, 0.1) is 19.8 Å². The third-order valence-electron chi connectivity index (χ3n) is 8.01. The van der Waals surface area contributed by atoms with Crippen LogP contribution in [0.3, 0.4) is 0 Å². The Labute approximate surface area is 271 Å². The Kier molecular flexibility index (Phi) is 9.91. The van der Waals surface area contributed by atoms with Crippen LogP contribution in [0.1, 0.15) is 29.2 Å². The van der Waals surface area contributed by atoms with E-state index in [9.17, 15) is 4.79 Å². The minimum absolute atomic E-state index is 0.0728. The third kappa shape index (κ3) is 7.28. The number of halogens is 1. The number of nitrogens with zero attached hydrogens (tertiary/aromatic N) is 2. The van der Waals surface area contributed by atoms with E-state index in [4.69, 9.17) is 24.3 Å². The summed E-state index contributed by atoms with van der Waals surface area (Å²) >= 11 is 3.53. The molecule has 45 heavy (non-hydrogen) atoms. The van der Waals surface area contributed by atoms with Crippen LogP contribution < -0.4 is 10.2 Å². The lowest BCUT2D eigenvalue weighted by molar-refractivity contribution is -0.136. The Balaban J connectivity index is 1.40. The zero-order valence-corrected chi connectivity index (χ0v) is 26.5. The Morgan fingerprint density at radius 3 is 2.27 bits per heavy atom. The van der Waals surface area contributed by atoms with Crippen LogP contribution in [-0.4, -0.2) is 67.0 Å². The van der Waals surface area contributed by atoms with Gasteiger partial charge >= 0.3 is 0 Å². The number of aliphatic hydroxyl groups excluding tert-OH is 1. The summed E-state index contributed by atoms with van der Waals surface area (Å²) in [6, 6.07) is 33.8. The van der Waals surface area contributed by atoms with Gasteiger partial charge in [-0.15, -0.1) is 0 Å². The first-order chi connectivity index (χ1) is 22.0. The summed E-state index contributed by atoms with van der Waals surface area (Å²) in [5.74, 6) is 0.844. The standard InChI is InChI=1S/C36H36BrN3O5/c37-31-15-7-26(8-16-31)25-36(35(42)39-40-19-23-43-24-20-40)33(29-11-9-28(10-12-29)27-5-2-1-3-6-27)45-34(38-36)30-13-17-32(18-14-30)44-22-4-21-41/h1-3,5-18,33,41H,4,19-25H2,(H,39,42)/t33-,36-/m0/s1. The summed E-state index contributed by atoms with van der Waals surface area (Å²) < 4.78 is 18.9. The Morgan fingerprint density at radius 2 is 1.58 bits per heavy atom. The maximum atomic E-state index is 14.5. The van der Waals surface area contributed by atoms with E-state index in [1.54, 1.807) is 0 Å². The van der Waals surface area contributed by atoms with Crippen LogP contribution in [0.15, 0.2) is 113 Å². The predicted molar refractivity (Wildman–Crippen MR) is 177 cm³/mol. The number of aliphatic hydroxyl groups is 1.